The summed E-state index contributed by atoms with van der Waals surface area (Å²) in [5.41, 5.74) is 1.86. The molecule has 0 spiro atoms. The molecular weight excluding hydrogens is 224 g/mol. The van der Waals surface area contributed by atoms with Crippen molar-refractivity contribution in [3.05, 3.63) is 54.3 Å². The van der Waals surface area contributed by atoms with Gasteiger partial charge in [0.25, 0.3) is 0 Å². The van der Waals surface area contributed by atoms with Crippen LogP contribution in [0.2, 0.25) is 0 Å². The molecule has 2 heterocycles. The molecule has 90 valence electrons. The summed E-state index contributed by atoms with van der Waals surface area (Å²) in [7, 11) is 1.90. The Morgan fingerprint density at radius 3 is 2.83 bits per heavy atom. The highest BCUT2D eigenvalue weighted by Crippen LogP contribution is 2.22. The van der Waals surface area contributed by atoms with Gasteiger partial charge in [0.05, 0.1) is 12.1 Å². The van der Waals surface area contributed by atoms with Gasteiger partial charge in [-0.05, 0) is 31.3 Å². The summed E-state index contributed by atoms with van der Waals surface area (Å²) in [6.45, 7) is 0.730. The lowest BCUT2D eigenvalue weighted by atomic mass is 10.2. The first kappa shape index (κ1) is 11.0. The number of fused-ring (bicyclic) bond motifs is 1. The summed E-state index contributed by atoms with van der Waals surface area (Å²) >= 11 is 0. The van der Waals surface area contributed by atoms with Crippen molar-refractivity contribution < 1.29 is 4.42 Å². The van der Waals surface area contributed by atoms with Crippen molar-refractivity contribution in [2.75, 3.05) is 7.05 Å². The van der Waals surface area contributed by atoms with Crippen molar-refractivity contribution in [1.29, 1.82) is 0 Å². The maximum absolute atomic E-state index is 5.73. The van der Waals surface area contributed by atoms with Gasteiger partial charge in [0.2, 0.25) is 0 Å². The van der Waals surface area contributed by atoms with Crippen LogP contribution in [0.5, 0.6) is 0 Å². The number of para-hydroxylation sites is 1. The number of pyridine rings is 1. The van der Waals surface area contributed by atoms with Gasteiger partial charge in [-0.1, -0.05) is 24.3 Å². The van der Waals surface area contributed by atoms with Crippen LogP contribution in [0.25, 0.3) is 22.4 Å². The van der Waals surface area contributed by atoms with Crippen LogP contribution in [0.3, 0.4) is 0 Å². The Hall–Kier alpha value is -2.13. The van der Waals surface area contributed by atoms with E-state index in [1.54, 1.807) is 0 Å². The van der Waals surface area contributed by atoms with Gasteiger partial charge in [-0.15, -0.1) is 0 Å². The van der Waals surface area contributed by atoms with Crippen LogP contribution in [0, 0.1) is 0 Å². The summed E-state index contributed by atoms with van der Waals surface area (Å²) < 4.78 is 5.73. The summed E-state index contributed by atoms with van der Waals surface area (Å²) in [6, 6.07) is 16.1. The molecule has 3 nitrogen and oxygen atoms in total. The van der Waals surface area contributed by atoms with Crippen LogP contribution >= 0.6 is 0 Å². The molecule has 1 N–H and O–H groups in total. The molecule has 3 aromatic rings. The molecule has 0 unspecified atom stereocenters. The van der Waals surface area contributed by atoms with E-state index >= 15 is 0 Å². The average Bonchev–Trinajstić information content (AvgIpc) is 2.87. The topological polar surface area (TPSA) is 38.1 Å². The summed E-state index contributed by atoms with van der Waals surface area (Å²) in [5.74, 6) is 1.73. The first-order chi connectivity index (χ1) is 8.86. The fraction of sp³-hybridized carbons (Fsp3) is 0.133. The van der Waals surface area contributed by atoms with Gasteiger partial charge in [-0.3, -0.25) is 0 Å². The molecular formula is C15H14N2O. The van der Waals surface area contributed by atoms with E-state index in [0.717, 1.165) is 34.7 Å². The maximum Gasteiger partial charge on any atom is 0.152 e. The Bertz CT molecular complexity index is 673. The Morgan fingerprint density at radius 1 is 1.06 bits per heavy atom. The number of nitrogens with one attached hydrogen (secondary N) is 1. The second-order valence-corrected chi connectivity index (χ2v) is 4.19. The molecule has 0 saturated heterocycles. The lowest BCUT2D eigenvalue weighted by Crippen LogP contribution is -2.03. The minimum absolute atomic E-state index is 0.730. The Kier molecular flexibility index (Phi) is 2.82. The van der Waals surface area contributed by atoms with Gasteiger partial charge in [-0.2, -0.15) is 0 Å². The van der Waals surface area contributed by atoms with E-state index < -0.39 is 0 Å². The van der Waals surface area contributed by atoms with Crippen LogP contribution in [0.4, 0.5) is 0 Å². The number of aromatic nitrogens is 1. The van der Waals surface area contributed by atoms with Crippen molar-refractivity contribution in [3.8, 4) is 11.5 Å². The lowest BCUT2D eigenvalue weighted by Gasteiger charge is -2.00. The predicted molar refractivity (Wildman–Crippen MR) is 72.2 cm³/mol. The molecule has 0 aliphatic heterocycles. The van der Waals surface area contributed by atoms with Gasteiger partial charge >= 0.3 is 0 Å². The van der Waals surface area contributed by atoms with Gasteiger partial charge in [0.15, 0.2) is 5.76 Å². The van der Waals surface area contributed by atoms with Crippen LogP contribution in [0.15, 0.2) is 52.9 Å². The second-order valence-electron chi connectivity index (χ2n) is 4.19. The molecule has 0 radical (unpaired) electrons. The highest BCUT2D eigenvalue weighted by atomic mass is 16.3. The Labute approximate surface area is 105 Å². The van der Waals surface area contributed by atoms with E-state index in [1.165, 1.54) is 0 Å². The maximum atomic E-state index is 5.73. The summed E-state index contributed by atoms with van der Waals surface area (Å²) in [4.78, 5) is 4.60. The fourth-order valence-corrected chi connectivity index (χ4v) is 1.99. The van der Waals surface area contributed by atoms with E-state index in [-0.39, 0.29) is 0 Å². The Morgan fingerprint density at radius 2 is 1.94 bits per heavy atom. The summed E-state index contributed by atoms with van der Waals surface area (Å²) in [5, 5.41) is 4.21. The number of hydrogen-bond donors (Lipinski definition) is 1. The number of hydrogen-bond acceptors (Lipinski definition) is 3. The zero-order chi connectivity index (χ0) is 12.4. The second kappa shape index (κ2) is 4.63. The normalized spacial score (nSPS) is 10.9. The van der Waals surface area contributed by atoms with E-state index in [4.69, 9.17) is 4.42 Å². The van der Waals surface area contributed by atoms with E-state index in [9.17, 15) is 0 Å². The summed E-state index contributed by atoms with van der Waals surface area (Å²) in [6.07, 6.45) is 0. The van der Waals surface area contributed by atoms with Crippen LogP contribution < -0.4 is 5.32 Å². The van der Waals surface area contributed by atoms with Crippen molar-refractivity contribution in [2.24, 2.45) is 0 Å². The molecule has 3 heteroatoms. The number of nitrogens with zero attached hydrogens (tertiary/aromatic N) is 1. The number of furan rings is 1. The number of benzene rings is 1. The standard InChI is InChI=1S/C15H14N2O/c1-16-10-12-7-9-15(18-12)14-8-6-11-4-2-3-5-13(11)17-14/h2-9,16H,10H2,1H3. The molecule has 0 bridgehead atoms. The largest absolute Gasteiger partial charge is 0.458 e. The SMILES string of the molecule is CNCc1ccc(-c2ccc3ccccc3n2)o1. The molecule has 0 aliphatic carbocycles. The lowest BCUT2D eigenvalue weighted by molar-refractivity contribution is 0.506. The first-order valence-electron chi connectivity index (χ1n) is 5.96. The van der Waals surface area contributed by atoms with Gasteiger partial charge in [-0.25, -0.2) is 4.98 Å². The van der Waals surface area contributed by atoms with Gasteiger partial charge in [0.1, 0.15) is 11.5 Å². The third-order valence-electron chi connectivity index (χ3n) is 2.86. The Balaban J connectivity index is 2.02. The molecule has 3 rings (SSSR count). The molecule has 2 aromatic heterocycles. The molecule has 0 fully saturated rings. The number of rotatable bonds is 3. The third-order valence-corrected chi connectivity index (χ3v) is 2.86. The predicted octanol–water partition coefficient (Wildman–Crippen LogP) is 3.21. The van der Waals surface area contributed by atoms with Gasteiger partial charge in [0, 0.05) is 5.39 Å². The molecule has 18 heavy (non-hydrogen) atoms. The zero-order valence-corrected chi connectivity index (χ0v) is 10.2. The average molecular weight is 238 g/mol. The van der Waals surface area contributed by atoms with Gasteiger partial charge < -0.3 is 9.73 Å². The van der Waals surface area contributed by atoms with Crippen molar-refractivity contribution >= 4 is 10.9 Å². The van der Waals surface area contributed by atoms with E-state index in [2.05, 4.69) is 22.4 Å². The molecule has 0 amide bonds. The highest BCUT2D eigenvalue weighted by Gasteiger charge is 2.06. The minimum Gasteiger partial charge on any atom is -0.458 e. The van der Waals surface area contributed by atoms with Crippen LogP contribution in [-0.4, -0.2) is 12.0 Å². The molecule has 0 atom stereocenters. The fourth-order valence-electron chi connectivity index (χ4n) is 1.99. The highest BCUT2D eigenvalue weighted by molar-refractivity contribution is 5.80. The zero-order valence-electron chi connectivity index (χ0n) is 10.2. The van der Waals surface area contributed by atoms with Crippen molar-refractivity contribution in [1.82, 2.24) is 10.3 Å². The van der Waals surface area contributed by atoms with Crippen LogP contribution in [-0.2, 0) is 6.54 Å². The van der Waals surface area contributed by atoms with Crippen molar-refractivity contribution in [2.45, 2.75) is 6.54 Å². The molecule has 0 aliphatic rings. The molecule has 0 saturated carbocycles. The van der Waals surface area contributed by atoms with Crippen LogP contribution in [0.1, 0.15) is 5.76 Å². The molecule has 1 aromatic carbocycles. The smallest absolute Gasteiger partial charge is 0.152 e. The quantitative estimate of drug-likeness (QED) is 0.761. The minimum atomic E-state index is 0.730. The van der Waals surface area contributed by atoms with E-state index in [0.29, 0.717) is 0 Å². The first-order valence-corrected chi connectivity index (χ1v) is 5.96. The third kappa shape index (κ3) is 2.00. The van der Waals surface area contributed by atoms with E-state index in [1.807, 2.05) is 43.4 Å². The van der Waals surface area contributed by atoms with Crippen molar-refractivity contribution in [3.63, 3.8) is 0 Å². The monoisotopic (exact) mass is 238 g/mol.